The fourth-order valence-electron chi connectivity index (χ4n) is 4.72. The van der Waals surface area contributed by atoms with E-state index < -0.39 is 5.82 Å². The molecular formula is C26H27FN2O4. The third kappa shape index (κ3) is 4.37. The molecule has 172 valence electrons. The van der Waals surface area contributed by atoms with E-state index in [-0.39, 0.29) is 23.9 Å². The summed E-state index contributed by atoms with van der Waals surface area (Å²) in [6.45, 7) is 4.54. The SMILES string of the molecule is Cc1c(COc2ccc3c(c2)CN(C(=O)C2CCOCC2)CC3)[nH]c2ccc(F)cc2c1=O. The molecule has 6 nitrogen and oxygen atoms in total. The van der Waals surface area contributed by atoms with Gasteiger partial charge in [0.25, 0.3) is 0 Å². The van der Waals surface area contributed by atoms with Crippen LogP contribution in [0.15, 0.2) is 41.2 Å². The van der Waals surface area contributed by atoms with E-state index in [0.29, 0.717) is 47.7 Å². The highest BCUT2D eigenvalue weighted by atomic mass is 19.1. The molecule has 2 aromatic carbocycles. The average molecular weight is 451 g/mol. The predicted octanol–water partition coefficient (Wildman–Crippen LogP) is 3.87. The van der Waals surface area contributed by atoms with Crippen molar-refractivity contribution in [3.05, 3.63) is 74.8 Å². The molecule has 1 fully saturated rings. The summed E-state index contributed by atoms with van der Waals surface area (Å²) in [5.74, 6) is 0.528. The van der Waals surface area contributed by atoms with Gasteiger partial charge in [0, 0.05) is 48.7 Å². The van der Waals surface area contributed by atoms with Crippen LogP contribution < -0.4 is 10.2 Å². The van der Waals surface area contributed by atoms with E-state index >= 15 is 0 Å². The Morgan fingerprint density at radius 3 is 2.82 bits per heavy atom. The normalized spacial score (nSPS) is 16.6. The summed E-state index contributed by atoms with van der Waals surface area (Å²) in [6.07, 6.45) is 2.42. The van der Waals surface area contributed by atoms with Gasteiger partial charge in [0.15, 0.2) is 5.43 Å². The lowest BCUT2D eigenvalue weighted by Crippen LogP contribution is -2.41. The van der Waals surface area contributed by atoms with Gasteiger partial charge in [-0.05, 0) is 67.6 Å². The Hall–Kier alpha value is -3.19. The maximum atomic E-state index is 13.5. The predicted molar refractivity (Wildman–Crippen MR) is 123 cm³/mol. The van der Waals surface area contributed by atoms with Gasteiger partial charge >= 0.3 is 0 Å². The van der Waals surface area contributed by atoms with E-state index in [1.165, 1.54) is 17.7 Å². The number of H-pyrrole nitrogens is 1. The van der Waals surface area contributed by atoms with Gasteiger partial charge < -0.3 is 19.4 Å². The van der Waals surface area contributed by atoms with Gasteiger partial charge in [-0.15, -0.1) is 0 Å². The molecule has 0 atom stereocenters. The molecule has 5 rings (SSSR count). The lowest BCUT2D eigenvalue weighted by molar-refractivity contribution is -0.139. The number of aromatic amines is 1. The minimum atomic E-state index is -0.435. The molecule has 1 saturated heterocycles. The van der Waals surface area contributed by atoms with Crippen molar-refractivity contribution in [3.63, 3.8) is 0 Å². The smallest absolute Gasteiger partial charge is 0.226 e. The molecule has 7 heteroatoms. The van der Waals surface area contributed by atoms with E-state index in [1.54, 1.807) is 13.0 Å². The number of aromatic nitrogens is 1. The van der Waals surface area contributed by atoms with Gasteiger partial charge in [-0.3, -0.25) is 9.59 Å². The summed E-state index contributed by atoms with van der Waals surface area (Å²) in [4.78, 5) is 30.7. The number of carbonyl (C=O) groups excluding carboxylic acids is 1. The van der Waals surface area contributed by atoms with Crippen LogP contribution >= 0.6 is 0 Å². The lowest BCUT2D eigenvalue weighted by Gasteiger charge is -2.33. The van der Waals surface area contributed by atoms with Crippen LogP contribution in [0.25, 0.3) is 10.9 Å². The highest BCUT2D eigenvalue weighted by molar-refractivity contribution is 5.80. The summed E-state index contributed by atoms with van der Waals surface area (Å²) in [5.41, 5.74) is 3.88. The summed E-state index contributed by atoms with van der Waals surface area (Å²) >= 11 is 0. The number of carbonyl (C=O) groups is 1. The van der Waals surface area contributed by atoms with Gasteiger partial charge in [0.05, 0.1) is 5.69 Å². The zero-order chi connectivity index (χ0) is 22.9. The Labute approximate surface area is 191 Å². The Morgan fingerprint density at radius 2 is 2.00 bits per heavy atom. The number of amides is 1. The molecule has 1 aromatic heterocycles. The van der Waals surface area contributed by atoms with Crippen molar-refractivity contribution < 1.29 is 18.7 Å². The first-order valence-electron chi connectivity index (χ1n) is 11.4. The molecular weight excluding hydrogens is 423 g/mol. The number of nitrogens with zero attached hydrogens (tertiary/aromatic N) is 1. The van der Waals surface area contributed by atoms with E-state index in [0.717, 1.165) is 31.4 Å². The van der Waals surface area contributed by atoms with Gasteiger partial charge in [0.1, 0.15) is 18.2 Å². The second-order valence-electron chi connectivity index (χ2n) is 8.86. The minimum Gasteiger partial charge on any atom is -0.487 e. The number of benzene rings is 2. The number of hydrogen-bond donors (Lipinski definition) is 1. The highest BCUT2D eigenvalue weighted by Crippen LogP contribution is 2.27. The Kier molecular flexibility index (Phi) is 5.89. The van der Waals surface area contributed by atoms with Crippen LogP contribution in [0.1, 0.15) is 35.2 Å². The van der Waals surface area contributed by atoms with Crippen LogP contribution in [-0.2, 0) is 29.1 Å². The molecule has 0 aliphatic carbocycles. The van der Waals surface area contributed by atoms with E-state index in [4.69, 9.17) is 9.47 Å². The number of halogens is 1. The number of rotatable bonds is 4. The number of nitrogens with one attached hydrogen (secondary N) is 1. The number of hydrogen-bond acceptors (Lipinski definition) is 4. The van der Waals surface area contributed by atoms with Crippen LogP contribution in [0.2, 0.25) is 0 Å². The summed E-state index contributed by atoms with van der Waals surface area (Å²) < 4.78 is 24.9. The molecule has 0 unspecified atom stereocenters. The van der Waals surface area contributed by atoms with Crippen molar-refractivity contribution in [3.8, 4) is 5.75 Å². The molecule has 0 bridgehead atoms. The Balaban J connectivity index is 1.31. The maximum Gasteiger partial charge on any atom is 0.226 e. The maximum absolute atomic E-state index is 13.5. The van der Waals surface area contributed by atoms with E-state index in [9.17, 15) is 14.0 Å². The molecule has 1 amide bonds. The summed E-state index contributed by atoms with van der Waals surface area (Å²) in [6, 6.07) is 10.1. The van der Waals surface area contributed by atoms with Crippen LogP contribution in [-0.4, -0.2) is 35.5 Å². The average Bonchev–Trinajstić information content (AvgIpc) is 2.85. The van der Waals surface area contributed by atoms with Crippen molar-refractivity contribution in [2.45, 2.75) is 39.3 Å². The first kappa shape index (κ1) is 21.6. The largest absolute Gasteiger partial charge is 0.487 e. The number of pyridine rings is 1. The first-order chi connectivity index (χ1) is 16.0. The fraction of sp³-hybridized carbons (Fsp3) is 0.385. The monoisotopic (exact) mass is 450 g/mol. The van der Waals surface area contributed by atoms with Crippen LogP contribution in [0.5, 0.6) is 5.75 Å². The van der Waals surface area contributed by atoms with Gasteiger partial charge in [-0.1, -0.05) is 6.07 Å². The molecule has 0 radical (unpaired) electrons. The standard InChI is InChI=1S/C26H27FN2O4/c1-16-24(28-23-5-3-20(27)13-22(23)25(16)30)15-33-21-4-2-17-6-9-29(14-19(17)12-21)26(31)18-7-10-32-11-8-18/h2-5,12-13,18H,6-11,14-15H2,1H3,(H,28,30). The highest BCUT2D eigenvalue weighted by Gasteiger charge is 2.28. The van der Waals surface area contributed by atoms with Crippen LogP contribution in [0.4, 0.5) is 4.39 Å². The minimum absolute atomic E-state index is 0.0564. The van der Waals surface area contributed by atoms with Crippen LogP contribution in [0, 0.1) is 18.7 Å². The Morgan fingerprint density at radius 1 is 1.18 bits per heavy atom. The van der Waals surface area contributed by atoms with Crippen LogP contribution in [0.3, 0.4) is 0 Å². The zero-order valence-electron chi connectivity index (χ0n) is 18.7. The van der Waals surface area contributed by atoms with E-state index in [1.807, 2.05) is 17.0 Å². The molecule has 2 aliphatic rings. The lowest BCUT2D eigenvalue weighted by atomic mass is 9.95. The summed E-state index contributed by atoms with van der Waals surface area (Å²) in [5, 5.41) is 0.333. The fourth-order valence-corrected chi connectivity index (χ4v) is 4.72. The van der Waals surface area contributed by atoms with Crippen molar-refractivity contribution in [2.24, 2.45) is 5.92 Å². The number of fused-ring (bicyclic) bond motifs is 2. The Bertz CT molecular complexity index is 1260. The quantitative estimate of drug-likeness (QED) is 0.655. The molecule has 0 saturated carbocycles. The molecule has 3 heterocycles. The number of ether oxygens (including phenoxy) is 2. The van der Waals surface area contributed by atoms with Gasteiger partial charge in [-0.25, -0.2) is 4.39 Å². The van der Waals surface area contributed by atoms with Gasteiger partial charge in [-0.2, -0.15) is 0 Å². The van der Waals surface area contributed by atoms with Crippen molar-refractivity contribution in [1.82, 2.24) is 9.88 Å². The molecule has 2 aliphatic heterocycles. The van der Waals surface area contributed by atoms with Crippen molar-refractivity contribution in [2.75, 3.05) is 19.8 Å². The van der Waals surface area contributed by atoms with Crippen molar-refractivity contribution in [1.29, 1.82) is 0 Å². The first-order valence-corrected chi connectivity index (χ1v) is 11.4. The molecule has 33 heavy (non-hydrogen) atoms. The second-order valence-corrected chi connectivity index (χ2v) is 8.86. The molecule has 1 N–H and O–H groups in total. The topological polar surface area (TPSA) is 71.6 Å². The van der Waals surface area contributed by atoms with Crippen molar-refractivity contribution >= 4 is 16.8 Å². The van der Waals surface area contributed by atoms with E-state index in [2.05, 4.69) is 11.1 Å². The second kappa shape index (κ2) is 8.98. The summed E-state index contributed by atoms with van der Waals surface area (Å²) in [7, 11) is 0. The third-order valence-electron chi connectivity index (χ3n) is 6.76. The third-order valence-corrected chi connectivity index (χ3v) is 6.76. The van der Waals surface area contributed by atoms with Gasteiger partial charge in [0.2, 0.25) is 5.91 Å². The molecule has 0 spiro atoms. The molecule has 3 aromatic rings. The zero-order valence-corrected chi connectivity index (χ0v) is 18.7.